The number of nitrogens with two attached hydrogens (primary N) is 1. The first-order valence-electron chi connectivity index (χ1n) is 4.88. The number of rotatable bonds is 4. The molecule has 0 aliphatic rings. The van der Waals surface area contributed by atoms with E-state index in [0.717, 1.165) is 12.8 Å². The highest BCUT2D eigenvalue weighted by Gasteiger charge is 2.02. The molecular formula is C10H19N3. The van der Waals surface area contributed by atoms with E-state index < -0.39 is 0 Å². The predicted molar refractivity (Wildman–Crippen MR) is 54.6 cm³/mol. The molecule has 1 aromatic rings. The van der Waals surface area contributed by atoms with Gasteiger partial charge in [0, 0.05) is 18.3 Å². The fourth-order valence-corrected chi connectivity index (χ4v) is 1.18. The monoisotopic (exact) mass is 181 g/mol. The lowest BCUT2D eigenvalue weighted by atomic mass is 10.1. The smallest absolute Gasteiger partial charge is 0.0521 e. The van der Waals surface area contributed by atoms with Crippen molar-refractivity contribution in [2.24, 2.45) is 5.73 Å². The van der Waals surface area contributed by atoms with Gasteiger partial charge in [0.25, 0.3) is 0 Å². The summed E-state index contributed by atoms with van der Waals surface area (Å²) in [7, 11) is 0. The Bertz CT molecular complexity index is 250. The van der Waals surface area contributed by atoms with E-state index in [2.05, 4.69) is 25.1 Å². The molecule has 2 N–H and O–H groups in total. The quantitative estimate of drug-likeness (QED) is 0.769. The van der Waals surface area contributed by atoms with Gasteiger partial charge in [-0.15, -0.1) is 0 Å². The zero-order chi connectivity index (χ0) is 9.84. The van der Waals surface area contributed by atoms with Crippen molar-refractivity contribution in [3.63, 3.8) is 0 Å². The first-order valence-corrected chi connectivity index (χ1v) is 4.88. The highest BCUT2D eigenvalue weighted by molar-refractivity contribution is 5.04. The fraction of sp³-hybridized carbons (Fsp3) is 0.700. The molecule has 1 aromatic heterocycles. The normalized spacial score (nSPS) is 13.6. The van der Waals surface area contributed by atoms with Gasteiger partial charge in [-0.1, -0.05) is 0 Å². The highest BCUT2D eigenvalue weighted by Crippen LogP contribution is 2.07. The maximum Gasteiger partial charge on any atom is 0.0521 e. The zero-order valence-electron chi connectivity index (χ0n) is 8.70. The second-order valence-electron chi connectivity index (χ2n) is 3.94. The van der Waals surface area contributed by atoms with Crippen molar-refractivity contribution in [1.29, 1.82) is 0 Å². The van der Waals surface area contributed by atoms with Gasteiger partial charge < -0.3 is 5.73 Å². The molecule has 0 aromatic carbocycles. The molecule has 0 amide bonds. The number of nitrogens with zero attached hydrogens (tertiary/aromatic N) is 2. The fourth-order valence-electron chi connectivity index (χ4n) is 1.18. The molecular weight excluding hydrogens is 162 g/mol. The molecule has 0 aliphatic heterocycles. The first kappa shape index (κ1) is 10.3. The van der Waals surface area contributed by atoms with Crippen LogP contribution in [0.4, 0.5) is 0 Å². The van der Waals surface area contributed by atoms with E-state index in [1.165, 1.54) is 5.56 Å². The van der Waals surface area contributed by atoms with Crippen molar-refractivity contribution >= 4 is 0 Å². The van der Waals surface area contributed by atoms with Crippen molar-refractivity contribution < 1.29 is 0 Å². The summed E-state index contributed by atoms with van der Waals surface area (Å²) in [4.78, 5) is 0. The number of hydrogen-bond acceptors (Lipinski definition) is 2. The van der Waals surface area contributed by atoms with Gasteiger partial charge in [0.2, 0.25) is 0 Å². The number of aryl methyl sites for hydroxylation is 1. The Balaban J connectivity index is 2.49. The van der Waals surface area contributed by atoms with Crippen LogP contribution < -0.4 is 5.73 Å². The van der Waals surface area contributed by atoms with E-state index in [-0.39, 0.29) is 6.04 Å². The zero-order valence-corrected chi connectivity index (χ0v) is 8.70. The SMILES string of the molecule is CC(C)n1cc(CC[C@@H](C)N)cn1. The largest absolute Gasteiger partial charge is 0.328 e. The predicted octanol–water partition coefficient (Wildman–Crippen LogP) is 1.74. The molecule has 0 radical (unpaired) electrons. The topological polar surface area (TPSA) is 43.8 Å². The van der Waals surface area contributed by atoms with Crippen LogP contribution in [0.15, 0.2) is 12.4 Å². The third-order valence-electron chi connectivity index (χ3n) is 2.07. The minimum absolute atomic E-state index is 0.280. The Morgan fingerprint density at radius 2 is 2.15 bits per heavy atom. The van der Waals surface area contributed by atoms with Gasteiger partial charge in [-0.3, -0.25) is 4.68 Å². The number of aromatic nitrogens is 2. The summed E-state index contributed by atoms with van der Waals surface area (Å²) in [6.45, 7) is 6.29. The Morgan fingerprint density at radius 3 is 2.62 bits per heavy atom. The molecule has 0 aliphatic carbocycles. The average molecular weight is 181 g/mol. The summed E-state index contributed by atoms with van der Waals surface area (Å²) >= 11 is 0. The second-order valence-corrected chi connectivity index (χ2v) is 3.94. The van der Waals surface area contributed by atoms with Crippen LogP contribution in [0.1, 0.15) is 38.8 Å². The van der Waals surface area contributed by atoms with Gasteiger partial charge >= 0.3 is 0 Å². The maximum atomic E-state index is 5.68. The Labute approximate surface area is 79.9 Å². The van der Waals surface area contributed by atoms with Gasteiger partial charge in [0.15, 0.2) is 0 Å². The van der Waals surface area contributed by atoms with E-state index in [0.29, 0.717) is 6.04 Å². The minimum Gasteiger partial charge on any atom is -0.328 e. The van der Waals surface area contributed by atoms with Crippen LogP contribution in [0.5, 0.6) is 0 Å². The van der Waals surface area contributed by atoms with Crippen LogP contribution in [0.3, 0.4) is 0 Å². The molecule has 13 heavy (non-hydrogen) atoms. The van der Waals surface area contributed by atoms with Crippen molar-refractivity contribution in [3.8, 4) is 0 Å². The van der Waals surface area contributed by atoms with Gasteiger partial charge in [0.1, 0.15) is 0 Å². The molecule has 1 heterocycles. The van der Waals surface area contributed by atoms with Gasteiger partial charge in [-0.2, -0.15) is 5.10 Å². The Morgan fingerprint density at radius 1 is 1.46 bits per heavy atom. The van der Waals surface area contributed by atoms with E-state index in [1.807, 2.05) is 17.8 Å². The standard InChI is InChI=1S/C10H19N3/c1-8(2)13-7-10(6-12-13)5-4-9(3)11/h6-9H,4-5,11H2,1-3H3/t9-/m1/s1. The third-order valence-corrected chi connectivity index (χ3v) is 2.07. The summed E-state index contributed by atoms with van der Waals surface area (Å²) in [5.74, 6) is 0. The van der Waals surface area contributed by atoms with E-state index in [1.54, 1.807) is 0 Å². The molecule has 0 saturated carbocycles. The first-order chi connectivity index (χ1) is 6.09. The summed E-state index contributed by atoms with van der Waals surface area (Å²) < 4.78 is 1.98. The molecule has 0 bridgehead atoms. The van der Waals surface area contributed by atoms with Crippen LogP contribution in [-0.2, 0) is 6.42 Å². The molecule has 3 heteroatoms. The summed E-state index contributed by atoms with van der Waals surface area (Å²) in [6.07, 6.45) is 6.10. The van der Waals surface area contributed by atoms with Crippen LogP contribution in [0.2, 0.25) is 0 Å². The van der Waals surface area contributed by atoms with Gasteiger partial charge in [-0.25, -0.2) is 0 Å². The summed E-state index contributed by atoms with van der Waals surface area (Å²) in [5, 5.41) is 4.27. The molecule has 1 atom stereocenters. The molecule has 0 fully saturated rings. The summed E-state index contributed by atoms with van der Waals surface area (Å²) in [6, 6.07) is 0.728. The third kappa shape index (κ3) is 3.19. The highest BCUT2D eigenvalue weighted by atomic mass is 15.3. The van der Waals surface area contributed by atoms with Crippen LogP contribution in [0, 0.1) is 0 Å². The molecule has 0 spiro atoms. The van der Waals surface area contributed by atoms with Gasteiger partial charge in [0.05, 0.1) is 6.20 Å². The Hall–Kier alpha value is -0.830. The molecule has 1 rings (SSSR count). The molecule has 74 valence electrons. The van der Waals surface area contributed by atoms with Crippen molar-refractivity contribution in [1.82, 2.24) is 9.78 Å². The maximum absolute atomic E-state index is 5.68. The van der Waals surface area contributed by atoms with E-state index >= 15 is 0 Å². The summed E-state index contributed by atoms with van der Waals surface area (Å²) in [5.41, 5.74) is 6.96. The number of hydrogen-bond donors (Lipinski definition) is 1. The molecule has 0 unspecified atom stereocenters. The second kappa shape index (κ2) is 4.42. The minimum atomic E-state index is 0.280. The molecule has 3 nitrogen and oxygen atoms in total. The average Bonchev–Trinajstić information content (AvgIpc) is 2.48. The van der Waals surface area contributed by atoms with Crippen molar-refractivity contribution in [2.75, 3.05) is 0 Å². The lowest BCUT2D eigenvalue weighted by molar-refractivity contribution is 0.531. The lowest BCUT2D eigenvalue weighted by Crippen LogP contribution is -2.15. The molecule has 0 saturated heterocycles. The lowest BCUT2D eigenvalue weighted by Gasteiger charge is -2.04. The van der Waals surface area contributed by atoms with E-state index in [9.17, 15) is 0 Å². The van der Waals surface area contributed by atoms with Gasteiger partial charge in [-0.05, 0) is 39.2 Å². The van der Waals surface area contributed by atoms with Crippen LogP contribution >= 0.6 is 0 Å². The van der Waals surface area contributed by atoms with Crippen molar-refractivity contribution in [3.05, 3.63) is 18.0 Å². The Kier molecular flexibility index (Phi) is 3.48. The van der Waals surface area contributed by atoms with E-state index in [4.69, 9.17) is 5.73 Å². The van der Waals surface area contributed by atoms with Crippen molar-refractivity contribution in [2.45, 2.75) is 45.7 Å². The van der Waals surface area contributed by atoms with Crippen LogP contribution in [0.25, 0.3) is 0 Å². The van der Waals surface area contributed by atoms with Crippen LogP contribution in [-0.4, -0.2) is 15.8 Å².